The average Bonchev–Trinajstić information content (AvgIpc) is 2.97. The molecule has 0 N–H and O–H groups in total. The van der Waals surface area contributed by atoms with Gasteiger partial charge in [0.05, 0.1) is 6.61 Å². The summed E-state index contributed by atoms with van der Waals surface area (Å²) in [5.74, 6) is 1.98. The molecule has 0 aliphatic carbocycles. The van der Waals surface area contributed by atoms with Crippen LogP contribution in [0, 0.1) is 5.92 Å². The molecular formula is C12H19N3O2. The van der Waals surface area contributed by atoms with Crippen molar-refractivity contribution in [3.05, 3.63) is 11.6 Å². The molecule has 2 heterocycles. The van der Waals surface area contributed by atoms with E-state index in [1.165, 1.54) is 0 Å². The summed E-state index contributed by atoms with van der Waals surface area (Å²) >= 11 is 0. The summed E-state index contributed by atoms with van der Waals surface area (Å²) in [4.78, 5) is 16.4. The highest BCUT2D eigenvalue weighted by molar-refractivity contribution is 5.81. The number of rotatable bonds is 5. The molecule has 0 amide bonds. The first-order chi connectivity index (χ1) is 8.24. The largest absolute Gasteiger partial charge is 0.381 e. The number of ether oxygens (including phenoxy) is 1. The summed E-state index contributed by atoms with van der Waals surface area (Å²) < 4.78 is 6.98. The second-order valence-corrected chi connectivity index (χ2v) is 4.34. The molecule has 1 atom stereocenters. The van der Waals surface area contributed by atoms with Crippen molar-refractivity contribution in [1.82, 2.24) is 14.8 Å². The van der Waals surface area contributed by atoms with E-state index in [0.29, 0.717) is 19.8 Å². The summed E-state index contributed by atoms with van der Waals surface area (Å²) in [6, 6.07) is 0. The van der Waals surface area contributed by atoms with Gasteiger partial charge in [-0.1, -0.05) is 13.8 Å². The number of hydrogen-bond donors (Lipinski definition) is 0. The smallest absolute Gasteiger partial charge is 0.159 e. The quantitative estimate of drug-likeness (QED) is 0.767. The highest BCUT2D eigenvalue weighted by Crippen LogP contribution is 2.14. The van der Waals surface area contributed by atoms with E-state index in [-0.39, 0.29) is 11.7 Å². The van der Waals surface area contributed by atoms with Gasteiger partial charge in [-0.25, -0.2) is 9.67 Å². The van der Waals surface area contributed by atoms with Gasteiger partial charge < -0.3 is 4.74 Å². The number of aryl methyl sites for hydroxylation is 2. The van der Waals surface area contributed by atoms with Crippen LogP contribution in [-0.4, -0.2) is 33.8 Å². The molecule has 5 heteroatoms. The number of carbonyl (C=O) groups is 1. The highest BCUT2D eigenvalue weighted by atomic mass is 16.5. The van der Waals surface area contributed by atoms with Crippen LogP contribution in [0.15, 0.2) is 0 Å². The molecule has 0 radical (unpaired) electrons. The molecule has 17 heavy (non-hydrogen) atoms. The number of nitrogens with zero attached hydrogens (tertiary/aromatic N) is 3. The molecule has 5 nitrogen and oxygen atoms in total. The molecular weight excluding hydrogens is 218 g/mol. The van der Waals surface area contributed by atoms with Gasteiger partial charge in [0.1, 0.15) is 12.4 Å². The predicted octanol–water partition coefficient (Wildman–Crippen LogP) is 1.01. The Kier molecular flexibility index (Phi) is 3.89. The molecule has 2 rings (SSSR count). The van der Waals surface area contributed by atoms with Crippen LogP contribution in [0.5, 0.6) is 0 Å². The van der Waals surface area contributed by atoms with E-state index in [1.54, 1.807) is 4.68 Å². The minimum Gasteiger partial charge on any atom is -0.381 e. The van der Waals surface area contributed by atoms with Crippen molar-refractivity contribution in [3.63, 3.8) is 0 Å². The Labute approximate surface area is 101 Å². The van der Waals surface area contributed by atoms with Gasteiger partial charge in [0.25, 0.3) is 0 Å². The lowest BCUT2D eigenvalue weighted by molar-refractivity contribution is -0.123. The van der Waals surface area contributed by atoms with E-state index < -0.39 is 0 Å². The van der Waals surface area contributed by atoms with E-state index in [9.17, 15) is 4.79 Å². The summed E-state index contributed by atoms with van der Waals surface area (Å²) in [5, 5.41) is 4.35. The maximum atomic E-state index is 12.0. The van der Waals surface area contributed by atoms with Crippen LogP contribution in [-0.2, 0) is 28.9 Å². The fourth-order valence-electron chi connectivity index (χ4n) is 2.03. The van der Waals surface area contributed by atoms with Crippen molar-refractivity contribution in [3.8, 4) is 0 Å². The van der Waals surface area contributed by atoms with Crippen molar-refractivity contribution in [1.29, 1.82) is 0 Å². The van der Waals surface area contributed by atoms with Crippen LogP contribution in [0.1, 0.15) is 31.9 Å². The molecule has 0 spiro atoms. The first-order valence-electron chi connectivity index (χ1n) is 6.27. The fourth-order valence-corrected chi connectivity index (χ4v) is 2.03. The number of aromatic nitrogens is 3. The lowest BCUT2D eigenvalue weighted by Gasteiger charge is -2.07. The Hall–Kier alpha value is -1.23. The summed E-state index contributed by atoms with van der Waals surface area (Å²) in [6.45, 7) is 5.66. The molecule has 1 saturated heterocycles. The third kappa shape index (κ3) is 2.72. The number of carbonyl (C=O) groups excluding carboxylic acids is 1. The SMILES string of the molecule is CCc1nc(CC)n(CC(=O)C2CCOC2)n1. The Morgan fingerprint density at radius 3 is 2.88 bits per heavy atom. The minimum absolute atomic E-state index is 0.0500. The van der Waals surface area contributed by atoms with Crippen LogP contribution in [0.3, 0.4) is 0 Å². The third-order valence-electron chi connectivity index (χ3n) is 3.12. The molecule has 1 aliphatic heterocycles. The van der Waals surface area contributed by atoms with E-state index >= 15 is 0 Å². The molecule has 94 valence electrons. The van der Waals surface area contributed by atoms with Gasteiger partial charge >= 0.3 is 0 Å². The normalized spacial score (nSPS) is 19.8. The zero-order chi connectivity index (χ0) is 12.3. The van der Waals surface area contributed by atoms with Crippen molar-refractivity contribution in [2.24, 2.45) is 5.92 Å². The zero-order valence-corrected chi connectivity index (χ0v) is 10.5. The molecule has 1 unspecified atom stereocenters. The standard InChI is InChI=1S/C12H19N3O2/c1-3-11-13-12(4-2)15(14-11)7-10(16)9-5-6-17-8-9/h9H,3-8H2,1-2H3. The lowest BCUT2D eigenvalue weighted by atomic mass is 10.0. The van der Waals surface area contributed by atoms with Crippen LogP contribution < -0.4 is 0 Å². The van der Waals surface area contributed by atoms with Gasteiger partial charge in [-0.2, -0.15) is 5.10 Å². The molecule has 1 aromatic heterocycles. The third-order valence-corrected chi connectivity index (χ3v) is 3.12. The van der Waals surface area contributed by atoms with Crippen LogP contribution >= 0.6 is 0 Å². The van der Waals surface area contributed by atoms with Crippen LogP contribution in [0.25, 0.3) is 0 Å². The summed E-state index contributed by atoms with van der Waals surface area (Å²) in [6.07, 6.45) is 2.46. The minimum atomic E-state index is 0.0500. The highest BCUT2D eigenvalue weighted by Gasteiger charge is 2.24. The molecule has 1 fully saturated rings. The summed E-state index contributed by atoms with van der Waals surface area (Å²) in [5.41, 5.74) is 0. The Balaban J connectivity index is 2.06. The van der Waals surface area contributed by atoms with E-state index in [1.807, 2.05) is 13.8 Å². The topological polar surface area (TPSA) is 57.0 Å². The Morgan fingerprint density at radius 2 is 2.29 bits per heavy atom. The van der Waals surface area contributed by atoms with E-state index in [0.717, 1.165) is 30.9 Å². The Morgan fingerprint density at radius 1 is 1.47 bits per heavy atom. The molecule has 1 aromatic rings. The van der Waals surface area contributed by atoms with Crippen LogP contribution in [0.2, 0.25) is 0 Å². The predicted molar refractivity (Wildman–Crippen MR) is 62.7 cm³/mol. The number of ketones is 1. The Bertz CT molecular complexity index is 394. The summed E-state index contributed by atoms with van der Waals surface area (Å²) in [7, 11) is 0. The molecule has 1 aliphatic rings. The van der Waals surface area contributed by atoms with Gasteiger partial charge in [-0.3, -0.25) is 4.79 Å². The van der Waals surface area contributed by atoms with Crippen molar-refractivity contribution < 1.29 is 9.53 Å². The van der Waals surface area contributed by atoms with Crippen LogP contribution in [0.4, 0.5) is 0 Å². The van der Waals surface area contributed by atoms with Gasteiger partial charge in [0.15, 0.2) is 11.6 Å². The van der Waals surface area contributed by atoms with Crippen molar-refractivity contribution >= 4 is 5.78 Å². The molecule has 0 aromatic carbocycles. The van der Waals surface area contributed by atoms with Gasteiger partial charge in [0, 0.05) is 25.4 Å². The number of hydrogen-bond acceptors (Lipinski definition) is 4. The maximum absolute atomic E-state index is 12.0. The molecule has 0 bridgehead atoms. The monoisotopic (exact) mass is 237 g/mol. The first kappa shape index (κ1) is 12.2. The van der Waals surface area contributed by atoms with Gasteiger partial charge in [0.2, 0.25) is 0 Å². The molecule has 0 saturated carbocycles. The fraction of sp³-hybridized carbons (Fsp3) is 0.750. The second-order valence-electron chi connectivity index (χ2n) is 4.34. The van der Waals surface area contributed by atoms with Crippen molar-refractivity contribution in [2.45, 2.75) is 39.7 Å². The average molecular weight is 237 g/mol. The van der Waals surface area contributed by atoms with Gasteiger partial charge in [-0.05, 0) is 6.42 Å². The lowest BCUT2D eigenvalue weighted by Crippen LogP contribution is -2.22. The zero-order valence-electron chi connectivity index (χ0n) is 10.5. The number of Topliss-reactive ketones (excluding diaryl/α,β-unsaturated/α-hetero) is 1. The van der Waals surface area contributed by atoms with E-state index in [2.05, 4.69) is 10.1 Å². The first-order valence-corrected chi connectivity index (χ1v) is 6.27. The van der Waals surface area contributed by atoms with Gasteiger partial charge in [-0.15, -0.1) is 0 Å². The second kappa shape index (κ2) is 5.40. The van der Waals surface area contributed by atoms with Crippen molar-refractivity contribution in [2.75, 3.05) is 13.2 Å². The maximum Gasteiger partial charge on any atom is 0.159 e. The van der Waals surface area contributed by atoms with E-state index in [4.69, 9.17) is 4.74 Å².